The predicted molar refractivity (Wildman–Crippen MR) is 64.0 cm³/mol. The molecule has 0 spiro atoms. The molecule has 1 aromatic carbocycles. The van der Waals surface area contributed by atoms with E-state index in [1.165, 1.54) is 18.5 Å². The Morgan fingerprint density at radius 1 is 1.29 bits per heavy atom. The number of hydrogen-bond donors (Lipinski definition) is 1. The highest BCUT2D eigenvalue weighted by molar-refractivity contribution is 7.86. The summed E-state index contributed by atoms with van der Waals surface area (Å²) in [7, 11) is -3.77. The van der Waals surface area contributed by atoms with Crippen molar-refractivity contribution in [3.63, 3.8) is 0 Å². The zero-order chi connectivity index (χ0) is 12.3. The molecule has 90 valence electrons. The van der Waals surface area contributed by atoms with Gasteiger partial charge in [0.25, 0.3) is 0 Å². The molecule has 0 atom stereocenters. The Labute approximate surface area is 100.0 Å². The third-order valence-corrected chi connectivity index (χ3v) is 3.44. The summed E-state index contributed by atoms with van der Waals surface area (Å²) in [6.07, 6.45) is 2.96. The number of benzene rings is 1. The lowest BCUT2D eigenvalue weighted by molar-refractivity contribution is 0.388. The summed E-state index contributed by atoms with van der Waals surface area (Å²) in [6.45, 7) is 2.30. The maximum Gasteiger partial charge on any atom is 0.340 e. The van der Waals surface area contributed by atoms with Crippen LogP contribution in [0.3, 0.4) is 0 Å². The minimum atomic E-state index is -3.77. The first-order valence-corrected chi connectivity index (χ1v) is 6.45. The van der Waals surface area contributed by atoms with Gasteiger partial charge in [-0.05, 0) is 25.1 Å². The minimum absolute atomic E-state index is 0.133. The third-order valence-electron chi connectivity index (χ3n) is 2.19. The summed E-state index contributed by atoms with van der Waals surface area (Å²) in [6, 6.07) is 6.48. The fraction of sp³-hybridized carbons (Fsp3) is 0.182. The van der Waals surface area contributed by atoms with Gasteiger partial charge in [0.05, 0.1) is 12.9 Å². The second-order valence-electron chi connectivity index (χ2n) is 3.56. The van der Waals surface area contributed by atoms with Crippen molar-refractivity contribution in [1.29, 1.82) is 0 Å². The van der Waals surface area contributed by atoms with Crippen molar-refractivity contribution >= 4 is 16.5 Å². The molecule has 0 fully saturated rings. The van der Waals surface area contributed by atoms with Gasteiger partial charge in [0, 0.05) is 0 Å². The maximum absolute atomic E-state index is 11.9. The van der Waals surface area contributed by atoms with Gasteiger partial charge in [0.2, 0.25) is 5.88 Å². The molecule has 1 aliphatic rings. The molecular formula is C11H12N2O3S. The average molecular weight is 252 g/mol. The average Bonchev–Trinajstić information content (AvgIpc) is 2.30. The Morgan fingerprint density at radius 2 is 2.00 bits per heavy atom. The second kappa shape index (κ2) is 4.58. The predicted octanol–water partition coefficient (Wildman–Crippen LogP) is 1.17. The van der Waals surface area contributed by atoms with Crippen molar-refractivity contribution in [2.24, 2.45) is 4.99 Å². The van der Waals surface area contributed by atoms with Crippen molar-refractivity contribution in [2.75, 3.05) is 6.54 Å². The van der Waals surface area contributed by atoms with Gasteiger partial charge in [0.1, 0.15) is 4.90 Å². The van der Waals surface area contributed by atoms with E-state index in [-0.39, 0.29) is 10.8 Å². The van der Waals surface area contributed by atoms with Gasteiger partial charge in [-0.2, -0.15) is 8.42 Å². The zero-order valence-corrected chi connectivity index (χ0v) is 10.1. The lowest BCUT2D eigenvalue weighted by Gasteiger charge is -2.11. The summed E-state index contributed by atoms with van der Waals surface area (Å²) in [4.78, 5) is 3.99. The van der Waals surface area contributed by atoms with Crippen LogP contribution in [0.4, 0.5) is 0 Å². The first kappa shape index (κ1) is 11.7. The molecule has 0 amide bonds. The van der Waals surface area contributed by atoms with Crippen LogP contribution in [-0.2, 0) is 14.3 Å². The van der Waals surface area contributed by atoms with E-state index in [1.807, 2.05) is 6.92 Å². The number of aliphatic imine (C=N–C) groups is 1. The van der Waals surface area contributed by atoms with E-state index in [0.717, 1.165) is 5.56 Å². The number of nitrogens with one attached hydrogen (secondary N) is 1. The molecule has 0 aliphatic carbocycles. The van der Waals surface area contributed by atoms with E-state index >= 15 is 0 Å². The molecule has 5 nitrogen and oxygen atoms in total. The molecule has 0 saturated heterocycles. The molecular weight excluding hydrogens is 240 g/mol. The summed E-state index contributed by atoms with van der Waals surface area (Å²) in [5, 5.41) is 2.62. The van der Waals surface area contributed by atoms with Gasteiger partial charge in [-0.1, -0.05) is 17.7 Å². The van der Waals surface area contributed by atoms with Crippen molar-refractivity contribution in [2.45, 2.75) is 11.8 Å². The topological polar surface area (TPSA) is 67.8 Å². The lowest BCUT2D eigenvalue weighted by Crippen LogP contribution is -2.20. The van der Waals surface area contributed by atoms with Crippen LogP contribution in [0.25, 0.3) is 0 Å². The van der Waals surface area contributed by atoms with Crippen LogP contribution in [0, 0.1) is 6.92 Å². The second-order valence-corrected chi connectivity index (χ2v) is 5.10. The van der Waals surface area contributed by atoms with Crippen LogP contribution in [-0.4, -0.2) is 21.3 Å². The van der Waals surface area contributed by atoms with Crippen LogP contribution in [0.5, 0.6) is 0 Å². The van der Waals surface area contributed by atoms with E-state index in [9.17, 15) is 8.42 Å². The van der Waals surface area contributed by atoms with E-state index in [1.54, 1.807) is 18.2 Å². The van der Waals surface area contributed by atoms with E-state index in [4.69, 9.17) is 4.18 Å². The molecule has 0 bridgehead atoms. The van der Waals surface area contributed by atoms with Crippen LogP contribution in [0.2, 0.25) is 0 Å². The third kappa shape index (κ3) is 2.85. The van der Waals surface area contributed by atoms with Gasteiger partial charge >= 0.3 is 10.1 Å². The van der Waals surface area contributed by atoms with Gasteiger partial charge in [0.15, 0.2) is 0 Å². The Morgan fingerprint density at radius 3 is 2.59 bits per heavy atom. The number of aryl methyl sites for hydroxylation is 1. The zero-order valence-electron chi connectivity index (χ0n) is 9.25. The number of nitrogens with zero attached hydrogens (tertiary/aromatic N) is 1. The Hall–Kier alpha value is -1.82. The number of rotatable bonds is 3. The van der Waals surface area contributed by atoms with Crippen LogP contribution in [0.1, 0.15) is 5.56 Å². The van der Waals surface area contributed by atoms with Crippen molar-refractivity contribution in [3.05, 3.63) is 41.8 Å². The van der Waals surface area contributed by atoms with Gasteiger partial charge in [-0.25, -0.2) is 0 Å². The molecule has 0 aromatic heterocycles. The molecule has 0 radical (unpaired) electrons. The van der Waals surface area contributed by atoms with Gasteiger partial charge < -0.3 is 9.50 Å². The fourth-order valence-corrected chi connectivity index (χ4v) is 2.20. The Bertz CT molecular complexity index is 559. The molecule has 1 aliphatic heterocycles. The fourth-order valence-electron chi connectivity index (χ4n) is 1.29. The SMILES string of the molecule is Cc1ccc(S(=O)(=O)OC2=CCN=CN2)cc1. The van der Waals surface area contributed by atoms with Gasteiger partial charge in [-0.15, -0.1) is 0 Å². The quantitative estimate of drug-likeness (QED) is 0.820. The Kier molecular flexibility index (Phi) is 3.14. The first-order chi connectivity index (χ1) is 8.08. The molecule has 0 unspecified atom stereocenters. The van der Waals surface area contributed by atoms with E-state index in [2.05, 4.69) is 10.3 Å². The smallest absolute Gasteiger partial charge is 0.340 e. The highest BCUT2D eigenvalue weighted by atomic mass is 32.2. The monoisotopic (exact) mass is 252 g/mol. The maximum atomic E-state index is 11.9. The van der Waals surface area contributed by atoms with E-state index < -0.39 is 10.1 Å². The summed E-state index contributed by atoms with van der Waals surface area (Å²) < 4.78 is 28.7. The molecule has 2 rings (SSSR count). The summed E-state index contributed by atoms with van der Waals surface area (Å²) >= 11 is 0. The van der Waals surface area contributed by atoms with Crippen LogP contribution < -0.4 is 5.32 Å². The van der Waals surface area contributed by atoms with Crippen molar-refractivity contribution < 1.29 is 12.6 Å². The highest BCUT2D eigenvalue weighted by Crippen LogP contribution is 2.15. The number of hydrogen-bond acceptors (Lipinski definition) is 5. The minimum Gasteiger partial charge on any atom is -0.360 e. The largest absolute Gasteiger partial charge is 0.360 e. The molecule has 1 heterocycles. The molecule has 17 heavy (non-hydrogen) atoms. The summed E-state index contributed by atoms with van der Waals surface area (Å²) in [5.41, 5.74) is 0.992. The molecule has 6 heteroatoms. The molecule has 1 aromatic rings. The highest BCUT2D eigenvalue weighted by Gasteiger charge is 2.17. The van der Waals surface area contributed by atoms with Crippen LogP contribution in [0.15, 0.2) is 46.1 Å². The van der Waals surface area contributed by atoms with E-state index in [0.29, 0.717) is 6.54 Å². The van der Waals surface area contributed by atoms with Crippen LogP contribution >= 0.6 is 0 Å². The van der Waals surface area contributed by atoms with Crippen molar-refractivity contribution in [3.8, 4) is 0 Å². The lowest BCUT2D eigenvalue weighted by atomic mass is 10.2. The Balaban J connectivity index is 2.19. The first-order valence-electron chi connectivity index (χ1n) is 5.04. The summed E-state index contributed by atoms with van der Waals surface area (Å²) in [5.74, 6) is 0.181. The van der Waals surface area contributed by atoms with Gasteiger partial charge in [-0.3, -0.25) is 4.99 Å². The van der Waals surface area contributed by atoms with Crippen molar-refractivity contribution in [1.82, 2.24) is 5.32 Å². The normalized spacial score (nSPS) is 15.0. The molecule has 1 N–H and O–H groups in total. The standard InChI is InChI=1S/C11H12N2O3S/c1-9-2-4-10(5-3-9)17(14,15)16-11-6-7-12-8-13-11/h2-6,8H,7H2,1H3,(H,12,13). The molecule has 0 saturated carbocycles.